The number of rotatable bonds is 4. The van der Waals surface area contributed by atoms with Crippen molar-refractivity contribution in [1.82, 2.24) is 0 Å². The Morgan fingerprint density at radius 2 is 2.00 bits per heavy atom. The molecule has 1 aromatic rings. The van der Waals surface area contributed by atoms with E-state index in [1.807, 2.05) is 26.2 Å². The molecule has 0 N–H and O–H groups in total. The van der Waals surface area contributed by atoms with E-state index in [2.05, 4.69) is 34.2 Å². The molecule has 0 fully saturated rings. The third kappa shape index (κ3) is 3.23. The lowest BCUT2D eigenvalue weighted by molar-refractivity contribution is -0.108. The minimum atomic E-state index is -0.161. The van der Waals surface area contributed by atoms with Crippen LogP contribution in [-0.4, -0.2) is 37.2 Å². The molecule has 0 saturated carbocycles. The summed E-state index contributed by atoms with van der Waals surface area (Å²) in [4.78, 5) is 16.9. The van der Waals surface area contributed by atoms with E-state index in [4.69, 9.17) is 0 Å². The second-order valence-electron chi connectivity index (χ2n) is 4.30. The average molecular weight is 260 g/mol. The zero-order valence-corrected chi connectivity index (χ0v) is 11.4. The summed E-state index contributed by atoms with van der Waals surface area (Å²) in [7, 11) is 4.04. The van der Waals surface area contributed by atoms with E-state index in [9.17, 15) is 4.79 Å². The fourth-order valence-electron chi connectivity index (χ4n) is 1.62. The molecule has 4 heteroatoms. The minimum absolute atomic E-state index is 0.161. The first-order chi connectivity index (χ1) is 8.69. The summed E-state index contributed by atoms with van der Waals surface area (Å²) in [5.74, 6) is 0.767. The van der Waals surface area contributed by atoms with E-state index in [1.54, 1.807) is 11.8 Å². The smallest absolute Gasteiger partial charge is 0.145 e. The van der Waals surface area contributed by atoms with Crippen molar-refractivity contribution in [3.8, 4) is 0 Å². The molecule has 0 aromatic heterocycles. The van der Waals surface area contributed by atoms with Crippen LogP contribution in [0.2, 0.25) is 0 Å². The highest BCUT2D eigenvalue weighted by molar-refractivity contribution is 8.14. The van der Waals surface area contributed by atoms with Gasteiger partial charge < -0.3 is 9.69 Å². The maximum atomic E-state index is 10.6. The Balaban J connectivity index is 2.03. The van der Waals surface area contributed by atoms with E-state index in [1.165, 1.54) is 5.69 Å². The molecule has 0 saturated heterocycles. The van der Waals surface area contributed by atoms with E-state index < -0.39 is 0 Å². The van der Waals surface area contributed by atoms with Crippen LogP contribution < -0.4 is 4.90 Å². The molecule has 94 valence electrons. The van der Waals surface area contributed by atoms with Crippen LogP contribution in [0.5, 0.6) is 0 Å². The standard InChI is InChI=1S/C14H16N2OS/c1-16(2)13-6-3-11(4-7-13)5-8-14-15-12(9-17)10-18-14/h3-9,12H,10H2,1-2H3/b8-5+/t12-/m0/s1. The predicted molar refractivity (Wildman–Crippen MR) is 79.5 cm³/mol. The quantitative estimate of drug-likeness (QED) is 0.780. The number of nitrogens with zero attached hydrogens (tertiary/aromatic N) is 2. The van der Waals surface area contributed by atoms with Crippen LogP contribution >= 0.6 is 11.8 Å². The number of hydrogen-bond donors (Lipinski definition) is 0. The molecule has 3 nitrogen and oxygen atoms in total. The summed E-state index contributed by atoms with van der Waals surface area (Å²) in [6.07, 6.45) is 4.90. The molecule has 1 aliphatic heterocycles. The van der Waals surface area contributed by atoms with E-state index in [0.717, 1.165) is 22.6 Å². The van der Waals surface area contributed by atoms with Crippen LogP contribution in [0.25, 0.3) is 6.08 Å². The molecule has 0 spiro atoms. The first-order valence-corrected chi connectivity index (χ1v) is 6.79. The Kier molecular flexibility index (Phi) is 4.20. The van der Waals surface area contributed by atoms with Crippen molar-refractivity contribution in [2.45, 2.75) is 6.04 Å². The van der Waals surface area contributed by atoms with Crippen LogP contribution in [0.4, 0.5) is 5.69 Å². The van der Waals surface area contributed by atoms with Crippen LogP contribution in [0.3, 0.4) is 0 Å². The fourth-order valence-corrected chi connectivity index (χ4v) is 2.49. The van der Waals surface area contributed by atoms with Crippen LogP contribution in [-0.2, 0) is 4.79 Å². The van der Waals surface area contributed by atoms with Gasteiger partial charge in [0.1, 0.15) is 12.3 Å². The Labute approximate surface area is 112 Å². The summed E-state index contributed by atoms with van der Waals surface area (Å²) in [5, 5.41) is 0.934. The third-order valence-electron chi connectivity index (χ3n) is 2.68. The highest BCUT2D eigenvalue weighted by Gasteiger charge is 2.14. The van der Waals surface area contributed by atoms with Crippen molar-refractivity contribution in [1.29, 1.82) is 0 Å². The second kappa shape index (κ2) is 5.87. The maximum Gasteiger partial charge on any atom is 0.145 e. The van der Waals surface area contributed by atoms with Gasteiger partial charge in [0, 0.05) is 25.5 Å². The summed E-state index contributed by atoms with van der Waals surface area (Å²) < 4.78 is 0. The zero-order chi connectivity index (χ0) is 13.0. The van der Waals surface area contributed by atoms with Crippen molar-refractivity contribution in [3.63, 3.8) is 0 Å². The van der Waals surface area contributed by atoms with Crippen LogP contribution in [0.15, 0.2) is 35.3 Å². The highest BCUT2D eigenvalue weighted by atomic mass is 32.2. The van der Waals surface area contributed by atoms with Crippen molar-refractivity contribution < 1.29 is 4.79 Å². The first-order valence-electron chi connectivity index (χ1n) is 5.80. The average Bonchev–Trinajstić information content (AvgIpc) is 2.85. The Bertz CT molecular complexity index is 477. The summed E-state index contributed by atoms with van der Waals surface area (Å²) in [6, 6.07) is 8.15. The van der Waals surface area contributed by atoms with Gasteiger partial charge in [0.2, 0.25) is 0 Å². The number of benzene rings is 1. The van der Waals surface area contributed by atoms with Crippen molar-refractivity contribution in [2.75, 3.05) is 24.7 Å². The molecular weight excluding hydrogens is 244 g/mol. The minimum Gasteiger partial charge on any atom is -0.378 e. The lowest BCUT2D eigenvalue weighted by Crippen LogP contribution is -2.07. The van der Waals surface area contributed by atoms with E-state index in [-0.39, 0.29) is 6.04 Å². The SMILES string of the molecule is CN(C)c1ccc(/C=C/C2=N[C@@H](C=O)CS2)cc1. The van der Waals surface area contributed by atoms with Gasteiger partial charge in [0.25, 0.3) is 0 Å². The number of carbonyl (C=O) groups is 1. The fraction of sp³-hybridized carbons (Fsp3) is 0.286. The molecule has 0 unspecified atom stereocenters. The summed E-state index contributed by atoms with van der Waals surface area (Å²) >= 11 is 1.63. The number of thioether (sulfide) groups is 1. The Hall–Kier alpha value is -1.55. The molecular formula is C14H16N2OS. The molecule has 0 bridgehead atoms. The molecule has 0 amide bonds. The predicted octanol–water partition coefficient (Wildman–Crippen LogP) is 2.48. The first kappa shape index (κ1) is 12.9. The second-order valence-corrected chi connectivity index (χ2v) is 5.34. The molecule has 1 aromatic carbocycles. The van der Waals surface area contributed by atoms with Gasteiger partial charge in [0.05, 0.1) is 5.04 Å². The number of anilines is 1. The molecule has 1 aliphatic rings. The highest BCUT2D eigenvalue weighted by Crippen LogP contribution is 2.19. The van der Waals surface area contributed by atoms with Gasteiger partial charge in [-0.2, -0.15) is 0 Å². The van der Waals surface area contributed by atoms with E-state index >= 15 is 0 Å². The van der Waals surface area contributed by atoms with Crippen molar-refractivity contribution >= 4 is 34.9 Å². The molecule has 2 rings (SSSR count). The van der Waals surface area contributed by atoms with Crippen molar-refractivity contribution in [3.05, 3.63) is 35.9 Å². The van der Waals surface area contributed by atoms with Crippen LogP contribution in [0.1, 0.15) is 5.56 Å². The van der Waals surface area contributed by atoms with Gasteiger partial charge in [-0.1, -0.05) is 18.2 Å². The number of hydrogen-bond acceptors (Lipinski definition) is 4. The van der Waals surface area contributed by atoms with Gasteiger partial charge >= 0.3 is 0 Å². The van der Waals surface area contributed by atoms with Gasteiger partial charge in [-0.3, -0.25) is 4.99 Å². The zero-order valence-electron chi connectivity index (χ0n) is 10.5. The molecule has 18 heavy (non-hydrogen) atoms. The normalized spacial score (nSPS) is 19.0. The maximum absolute atomic E-state index is 10.6. The Morgan fingerprint density at radius 1 is 1.28 bits per heavy atom. The third-order valence-corrected chi connectivity index (χ3v) is 3.73. The van der Waals surface area contributed by atoms with Gasteiger partial charge in [-0.25, -0.2) is 0 Å². The molecule has 0 radical (unpaired) electrons. The largest absolute Gasteiger partial charge is 0.378 e. The Morgan fingerprint density at radius 3 is 2.56 bits per heavy atom. The molecule has 1 heterocycles. The van der Waals surface area contributed by atoms with Gasteiger partial charge in [-0.05, 0) is 23.8 Å². The number of aldehydes is 1. The monoisotopic (exact) mass is 260 g/mol. The molecule has 1 atom stereocenters. The lowest BCUT2D eigenvalue weighted by Gasteiger charge is -2.11. The summed E-state index contributed by atoms with van der Waals surface area (Å²) in [6.45, 7) is 0. The van der Waals surface area contributed by atoms with Gasteiger partial charge in [-0.15, -0.1) is 11.8 Å². The van der Waals surface area contributed by atoms with Gasteiger partial charge in [0.15, 0.2) is 0 Å². The number of carbonyl (C=O) groups excluding carboxylic acids is 1. The molecule has 0 aliphatic carbocycles. The summed E-state index contributed by atoms with van der Waals surface area (Å²) in [5.41, 5.74) is 2.32. The number of aliphatic imine (C=N–C) groups is 1. The van der Waals surface area contributed by atoms with Crippen LogP contribution in [0, 0.1) is 0 Å². The van der Waals surface area contributed by atoms with E-state index in [0.29, 0.717) is 0 Å². The lowest BCUT2D eigenvalue weighted by atomic mass is 10.2. The topological polar surface area (TPSA) is 32.7 Å². The van der Waals surface area contributed by atoms with Crippen molar-refractivity contribution in [2.24, 2.45) is 4.99 Å².